The zero-order valence-corrected chi connectivity index (χ0v) is 12.9. The topological polar surface area (TPSA) is 69.6 Å². The molecule has 0 bridgehead atoms. The van der Waals surface area contributed by atoms with Crippen LogP contribution < -0.4 is 5.32 Å². The van der Waals surface area contributed by atoms with Gasteiger partial charge in [-0.3, -0.25) is 4.79 Å². The Bertz CT molecular complexity index is 333. The van der Waals surface area contributed by atoms with Crippen molar-refractivity contribution in [2.45, 2.75) is 58.9 Å². The van der Waals surface area contributed by atoms with E-state index < -0.39 is 5.97 Å². The SMILES string of the molecule is CCC1CCN(C(=O)NC(C)CCCC(C)C(=O)O)C1. The van der Waals surface area contributed by atoms with Gasteiger partial charge in [-0.25, -0.2) is 4.79 Å². The minimum Gasteiger partial charge on any atom is -0.481 e. The van der Waals surface area contributed by atoms with Crippen LogP contribution in [0.15, 0.2) is 0 Å². The third-order valence-electron chi connectivity index (χ3n) is 4.22. The first-order valence-corrected chi connectivity index (χ1v) is 7.72. The quantitative estimate of drug-likeness (QED) is 0.755. The Balaban J connectivity index is 2.20. The maximum absolute atomic E-state index is 12.0. The highest BCUT2D eigenvalue weighted by atomic mass is 16.4. The smallest absolute Gasteiger partial charge is 0.317 e. The summed E-state index contributed by atoms with van der Waals surface area (Å²) in [6.45, 7) is 7.59. The van der Waals surface area contributed by atoms with Gasteiger partial charge in [-0.05, 0) is 32.1 Å². The number of likely N-dealkylation sites (tertiary alicyclic amines) is 1. The fraction of sp³-hybridized carbons (Fsp3) is 0.867. The molecule has 5 nitrogen and oxygen atoms in total. The molecule has 0 aliphatic carbocycles. The van der Waals surface area contributed by atoms with E-state index in [0.29, 0.717) is 12.3 Å². The van der Waals surface area contributed by atoms with Crippen molar-refractivity contribution in [3.8, 4) is 0 Å². The second kappa shape index (κ2) is 8.12. The van der Waals surface area contributed by atoms with E-state index in [1.54, 1.807) is 6.92 Å². The summed E-state index contributed by atoms with van der Waals surface area (Å²) in [6.07, 6.45) is 4.55. The Labute approximate surface area is 121 Å². The molecule has 1 fully saturated rings. The van der Waals surface area contributed by atoms with Gasteiger partial charge < -0.3 is 15.3 Å². The van der Waals surface area contributed by atoms with Crippen LogP contribution in [0.2, 0.25) is 0 Å². The summed E-state index contributed by atoms with van der Waals surface area (Å²) < 4.78 is 0. The fourth-order valence-corrected chi connectivity index (χ4v) is 2.58. The number of hydrogen-bond donors (Lipinski definition) is 2. The van der Waals surface area contributed by atoms with Crippen LogP contribution in [0.25, 0.3) is 0 Å². The van der Waals surface area contributed by atoms with Crippen molar-refractivity contribution >= 4 is 12.0 Å². The highest BCUT2D eigenvalue weighted by Gasteiger charge is 2.25. The summed E-state index contributed by atoms with van der Waals surface area (Å²) in [5.41, 5.74) is 0. The number of carboxylic acids is 1. The van der Waals surface area contributed by atoms with Gasteiger partial charge in [0.15, 0.2) is 0 Å². The van der Waals surface area contributed by atoms with Crippen LogP contribution in [0.3, 0.4) is 0 Å². The number of hydrogen-bond acceptors (Lipinski definition) is 2. The molecule has 1 aliphatic heterocycles. The highest BCUT2D eigenvalue weighted by Crippen LogP contribution is 2.19. The molecule has 1 aliphatic rings. The van der Waals surface area contributed by atoms with Crippen molar-refractivity contribution in [2.75, 3.05) is 13.1 Å². The van der Waals surface area contributed by atoms with E-state index >= 15 is 0 Å². The molecule has 0 radical (unpaired) electrons. The van der Waals surface area contributed by atoms with Crippen LogP contribution in [-0.4, -0.2) is 41.1 Å². The van der Waals surface area contributed by atoms with Gasteiger partial charge in [0.2, 0.25) is 0 Å². The number of rotatable bonds is 7. The average Bonchev–Trinajstić information content (AvgIpc) is 2.87. The van der Waals surface area contributed by atoms with Gasteiger partial charge in [-0.15, -0.1) is 0 Å². The van der Waals surface area contributed by atoms with Crippen molar-refractivity contribution in [1.29, 1.82) is 0 Å². The molecular weight excluding hydrogens is 256 g/mol. The number of urea groups is 1. The van der Waals surface area contributed by atoms with Gasteiger partial charge in [-0.1, -0.05) is 26.7 Å². The van der Waals surface area contributed by atoms with Crippen LogP contribution in [0, 0.1) is 11.8 Å². The molecule has 0 aromatic carbocycles. The third-order valence-corrected chi connectivity index (χ3v) is 4.22. The standard InChI is InChI=1S/C15H28N2O3/c1-4-13-8-9-17(10-13)15(20)16-12(3)7-5-6-11(2)14(18)19/h11-13H,4-10H2,1-3H3,(H,16,20)(H,18,19). The molecule has 1 heterocycles. The molecule has 0 spiro atoms. The average molecular weight is 284 g/mol. The number of carboxylic acid groups (broad SMARTS) is 1. The zero-order chi connectivity index (χ0) is 15.1. The lowest BCUT2D eigenvalue weighted by Crippen LogP contribution is -2.42. The van der Waals surface area contributed by atoms with Gasteiger partial charge in [0, 0.05) is 19.1 Å². The highest BCUT2D eigenvalue weighted by molar-refractivity contribution is 5.74. The fourth-order valence-electron chi connectivity index (χ4n) is 2.58. The van der Waals surface area contributed by atoms with Crippen molar-refractivity contribution in [3.63, 3.8) is 0 Å². The molecule has 0 aromatic heterocycles. The van der Waals surface area contributed by atoms with E-state index in [0.717, 1.165) is 38.8 Å². The van der Waals surface area contributed by atoms with Crippen LogP contribution >= 0.6 is 0 Å². The molecule has 0 aromatic rings. The van der Waals surface area contributed by atoms with Crippen molar-refractivity contribution < 1.29 is 14.7 Å². The number of amides is 2. The van der Waals surface area contributed by atoms with E-state index in [2.05, 4.69) is 12.2 Å². The monoisotopic (exact) mass is 284 g/mol. The van der Waals surface area contributed by atoms with Crippen LogP contribution in [0.5, 0.6) is 0 Å². The Morgan fingerprint density at radius 2 is 2.05 bits per heavy atom. The Kier molecular flexibility index (Phi) is 6.82. The van der Waals surface area contributed by atoms with Gasteiger partial charge in [-0.2, -0.15) is 0 Å². The lowest BCUT2D eigenvalue weighted by Gasteiger charge is -2.21. The van der Waals surface area contributed by atoms with Crippen LogP contribution in [0.1, 0.15) is 52.9 Å². The molecule has 3 atom stereocenters. The summed E-state index contributed by atoms with van der Waals surface area (Å²) in [6, 6.07) is 0.129. The first kappa shape index (κ1) is 16.8. The minimum atomic E-state index is -0.746. The van der Waals surface area contributed by atoms with Crippen molar-refractivity contribution in [1.82, 2.24) is 10.2 Å². The van der Waals surface area contributed by atoms with E-state index in [4.69, 9.17) is 5.11 Å². The largest absolute Gasteiger partial charge is 0.481 e. The molecule has 0 saturated carbocycles. The summed E-state index contributed by atoms with van der Waals surface area (Å²) in [5, 5.41) is 11.8. The van der Waals surface area contributed by atoms with Gasteiger partial charge >= 0.3 is 12.0 Å². The second-order valence-electron chi connectivity index (χ2n) is 6.03. The maximum Gasteiger partial charge on any atom is 0.317 e. The summed E-state index contributed by atoms with van der Waals surface area (Å²) >= 11 is 0. The minimum absolute atomic E-state index is 0.0275. The van der Waals surface area contributed by atoms with E-state index in [9.17, 15) is 9.59 Å². The van der Waals surface area contributed by atoms with E-state index in [1.807, 2.05) is 11.8 Å². The molecule has 2 N–H and O–H groups in total. The zero-order valence-electron chi connectivity index (χ0n) is 12.9. The van der Waals surface area contributed by atoms with E-state index in [-0.39, 0.29) is 18.0 Å². The predicted octanol–water partition coefficient (Wildman–Crippen LogP) is 2.71. The first-order chi connectivity index (χ1) is 9.43. The normalized spacial score (nSPS) is 21.6. The van der Waals surface area contributed by atoms with Crippen molar-refractivity contribution in [2.24, 2.45) is 11.8 Å². The summed E-state index contributed by atoms with van der Waals surface area (Å²) in [7, 11) is 0. The second-order valence-corrected chi connectivity index (χ2v) is 6.03. The van der Waals surface area contributed by atoms with Crippen LogP contribution in [-0.2, 0) is 4.79 Å². The maximum atomic E-state index is 12.0. The Morgan fingerprint density at radius 3 is 2.60 bits per heavy atom. The van der Waals surface area contributed by atoms with Crippen molar-refractivity contribution in [3.05, 3.63) is 0 Å². The molecule has 1 saturated heterocycles. The summed E-state index contributed by atoms with van der Waals surface area (Å²) in [5.74, 6) is -0.404. The Hall–Kier alpha value is -1.26. The molecule has 116 valence electrons. The number of aliphatic carboxylic acids is 1. The first-order valence-electron chi connectivity index (χ1n) is 7.72. The molecule has 20 heavy (non-hydrogen) atoms. The number of carbonyl (C=O) groups is 2. The molecule has 1 rings (SSSR count). The lowest BCUT2D eigenvalue weighted by atomic mass is 10.0. The Morgan fingerprint density at radius 1 is 1.35 bits per heavy atom. The molecule has 3 unspecified atom stereocenters. The van der Waals surface area contributed by atoms with Gasteiger partial charge in [0.25, 0.3) is 0 Å². The number of nitrogens with zero attached hydrogens (tertiary/aromatic N) is 1. The molecule has 2 amide bonds. The lowest BCUT2D eigenvalue weighted by molar-refractivity contribution is -0.141. The number of nitrogens with one attached hydrogen (secondary N) is 1. The summed E-state index contributed by atoms with van der Waals surface area (Å²) in [4.78, 5) is 24.6. The molecule has 5 heteroatoms. The number of carbonyl (C=O) groups excluding carboxylic acids is 1. The third kappa shape index (κ3) is 5.39. The van der Waals surface area contributed by atoms with Gasteiger partial charge in [0.1, 0.15) is 0 Å². The predicted molar refractivity (Wildman–Crippen MR) is 78.6 cm³/mol. The van der Waals surface area contributed by atoms with E-state index in [1.165, 1.54) is 0 Å². The van der Waals surface area contributed by atoms with Crippen LogP contribution in [0.4, 0.5) is 4.79 Å². The molecular formula is C15H28N2O3. The van der Waals surface area contributed by atoms with Gasteiger partial charge in [0.05, 0.1) is 5.92 Å².